The molecule has 0 saturated heterocycles. The minimum absolute atomic E-state index is 0.0970. The van der Waals surface area contributed by atoms with Gasteiger partial charge in [0.25, 0.3) is 0 Å². The molecule has 1 aromatic heterocycles. The topological polar surface area (TPSA) is 29.1 Å². The molecular weight excluding hydrogens is 345 g/mol. The Morgan fingerprint density at radius 3 is 2.54 bits per heavy atom. The van der Waals surface area contributed by atoms with E-state index < -0.39 is 5.82 Å². The zero-order valence-electron chi connectivity index (χ0n) is 12.7. The smallest absolute Gasteiger partial charge is 0.225 e. The Labute approximate surface area is 148 Å². The number of hydrogen-bond donors (Lipinski definition) is 1. The van der Waals surface area contributed by atoms with E-state index >= 15 is 0 Å². The van der Waals surface area contributed by atoms with E-state index in [4.69, 9.17) is 11.6 Å². The fourth-order valence-electron chi connectivity index (χ4n) is 2.49. The van der Waals surface area contributed by atoms with Crippen molar-refractivity contribution in [3.8, 4) is 0 Å². The minimum atomic E-state index is -0.468. The summed E-state index contributed by atoms with van der Waals surface area (Å²) >= 11 is 7.57. The molecule has 0 bridgehead atoms. The standard InChI is InChI=1S/C19H15ClFNOS/c20-15-8-4-9-16(21)14(15)12-18(23)22-19(17-10-5-11-24-17)13-6-2-1-3-7-13/h1-11,19H,12H2,(H,22,23)/t19-/m1/s1. The molecule has 3 aromatic rings. The Hall–Kier alpha value is -2.17. The van der Waals surface area contributed by atoms with Crippen molar-refractivity contribution >= 4 is 28.8 Å². The molecule has 0 aliphatic heterocycles. The van der Waals surface area contributed by atoms with E-state index in [1.165, 1.54) is 12.1 Å². The predicted octanol–water partition coefficient (Wildman–Crippen LogP) is 4.99. The van der Waals surface area contributed by atoms with Crippen LogP contribution in [0.4, 0.5) is 4.39 Å². The van der Waals surface area contributed by atoms with Crippen molar-refractivity contribution in [2.24, 2.45) is 0 Å². The molecule has 0 aliphatic rings. The molecule has 0 fully saturated rings. The van der Waals surface area contributed by atoms with E-state index in [0.29, 0.717) is 0 Å². The molecule has 1 atom stereocenters. The van der Waals surface area contributed by atoms with Crippen molar-refractivity contribution in [3.63, 3.8) is 0 Å². The maximum atomic E-state index is 13.9. The van der Waals surface area contributed by atoms with Crippen molar-refractivity contribution in [2.75, 3.05) is 0 Å². The van der Waals surface area contributed by atoms with Crippen molar-refractivity contribution in [1.29, 1.82) is 0 Å². The average molecular weight is 360 g/mol. The lowest BCUT2D eigenvalue weighted by Crippen LogP contribution is -2.30. The molecule has 5 heteroatoms. The molecule has 0 unspecified atom stereocenters. The van der Waals surface area contributed by atoms with Crippen LogP contribution in [-0.2, 0) is 11.2 Å². The van der Waals surface area contributed by atoms with Crippen LogP contribution in [0, 0.1) is 5.82 Å². The van der Waals surface area contributed by atoms with Gasteiger partial charge in [0.05, 0.1) is 12.5 Å². The minimum Gasteiger partial charge on any atom is -0.344 e. The third-order valence-electron chi connectivity index (χ3n) is 3.66. The van der Waals surface area contributed by atoms with E-state index in [1.807, 2.05) is 47.8 Å². The molecule has 2 aromatic carbocycles. The summed E-state index contributed by atoms with van der Waals surface area (Å²) in [5.74, 6) is -0.741. The van der Waals surface area contributed by atoms with Crippen molar-refractivity contribution in [1.82, 2.24) is 5.32 Å². The van der Waals surface area contributed by atoms with Gasteiger partial charge in [0.15, 0.2) is 0 Å². The van der Waals surface area contributed by atoms with Crippen LogP contribution in [0.2, 0.25) is 5.02 Å². The maximum Gasteiger partial charge on any atom is 0.225 e. The van der Waals surface area contributed by atoms with E-state index in [0.717, 1.165) is 10.4 Å². The molecule has 3 rings (SSSR count). The van der Waals surface area contributed by atoms with Gasteiger partial charge in [-0.05, 0) is 29.1 Å². The molecule has 122 valence electrons. The predicted molar refractivity (Wildman–Crippen MR) is 95.9 cm³/mol. The molecule has 0 radical (unpaired) electrons. The van der Waals surface area contributed by atoms with Crippen molar-refractivity contribution in [3.05, 3.63) is 92.9 Å². The van der Waals surface area contributed by atoms with Crippen LogP contribution in [-0.4, -0.2) is 5.91 Å². The lowest BCUT2D eigenvalue weighted by Gasteiger charge is -2.18. The van der Waals surface area contributed by atoms with Gasteiger partial charge in [0, 0.05) is 15.5 Å². The molecule has 1 N–H and O–H groups in total. The second-order valence-corrected chi connectivity index (χ2v) is 6.69. The summed E-state index contributed by atoms with van der Waals surface area (Å²) in [7, 11) is 0. The fourth-order valence-corrected chi connectivity index (χ4v) is 3.53. The van der Waals surface area contributed by atoms with Gasteiger partial charge >= 0.3 is 0 Å². The lowest BCUT2D eigenvalue weighted by atomic mass is 10.0. The second kappa shape index (κ2) is 7.60. The number of carbonyl (C=O) groups is 1. The van der Waals surface area contributed by atoms with Gasteiger partial charge in [-0.15, -0.1) is 11.3 Å². The first-order valence-electron chi connectivity index (χ1n) is 7.46. The molecule has 0 spiro atoms. The summed E-state index contributed by atoms with van der Waals surface area (Å²) in [4.78, 5) is 13.5. The van der Waals surface area contributed by atoms with E-state index in [1.54, 1.807) is 17.4 Å². The van der Waals surface area contributed by atoms with Gasteiger partial charge in [0.2, 0.25) is 5.91 Å². The summed E-state index contributed by atoms with van der Waals surface area (Å²) in [6, 6.07) is 17.8. The number of thiophene rings is 1. The summed E-state index contributed by atoms with van der Waals surface area (Å²) in [5, 5.41) is 5.21. The van der Waals surface area contributed by atoms with Crippen LogP contribution in [0.1, 0.15) is 22.0 Å². The van der Waals surface area contributed by atoms with E-state index in [2.05, 4.69) is 5.32 Å². The van der Waals surface area contributed by atoms with E-state index in [9.17, 15) is 9.18 Å². The Morgan fingerprint density at radius 1 is 1.08 bits per heavy atom. The molecule has 1 heterocycles. The van der Waals surface area contributed by atoms with Crippen LogP contribution in [0.5, 0.6) is 0 Å². The average Bonchev–Trinajstić information content (AvgIpc) is 3.11. The SMILES string of the molecule is O=C(Cc1c(F)cccc1Cl)N[C@H](c1ccccc1)c1cccs1. The highest BCUT2D eigenvalue weighted by molar-refractivity contribution is 7.10. The van der Waals surface area contributed by atoms with Gasteiger partial charge in [-0.2, -0.15) is 0 Å². The van der Waals surface area contributed by atoms with Gasteiger partial charge in [-0.3, -0.25) is 4.79 Å². The third-order valence-corrected chi connectivity index (χ3v) is 4.96. The maximum absolute atomic E-state index is 13.9. The van der Waals surface area contributed by atoms with Crippen molar-refractivity contribution in [2.45, 2.75) is 12.5 Å². The molecule has 2 nitrogen and oxygen atoms in total. The Bertz CT molecular complexity index is 800. The number of carbonyl (C=O) groups excluding carboxylic acids is 1. The number of hydrogen-bond acceptors (Lipinski definition) is 2. The molecule has 24 heavy (non-hydrogen) atoms. The summed E-state index contributed by atoms with van der Waals surface area (Å²) in [5.41, 5.74) is 1.20. The molecule has 0 saturated carbocycles. The Balaban J connectivity index is 1.82. The number of benzene rings is 2. The number of amides is 1. The van der Waals surface area contributed by atoms with Crippen LogP contribution in [0.15, 0.2) is 66.0 Å². The van der Waals surface area contributed by atoms with Crippen LogP contribution in [0.3, 0.4) is 0 Å². The van der Waals surface area contributed by atoms with Gasteiger partial charge in [0.1, 0.15) is 5.82 Å². The third kappa shape index (κ3) is 3.83. The first kappa shape index (κ1) is 16.7. The first-order valence-corrected chi connectivity index (χ1v) is 8.71. The number of halogens is 2. The van der Waals surface area contributed by atoms with E-state index in [-0.39, 0.29) is 29.0 Å². The number of nitrogens with one attached hydrogen (secondary N) is 1. The highest BCUT2D eigenvalue weighted by atomic mass is 35.5. The molecular formula is C19H15ClFNOS. The molecule has 0 aliphatic carbocycles. The van der Waals surface area contributed by atoms with Crippen LogP contribution >= 0.6 is 22.9 Å². The van der Waals surface area contributed by atoms with Crippen LogP contribution in [0.25, 0.3) is 0 Å². The van der Waals surface area contributed by atoms with Gasteiger partial charge < -0.3 is 5.32 Å². The monoisotopic (exact) mass is 359 g/mol. The quantitative estimate of drug-likeness (QED) is 0.683. The van der Waals surface area contributed by atoms with Gasteiger partial charge in [-0.1, -0.05) is 54.1 Å². The highest BCUT2D eigenvalue weighted by Gasteiger charge is 2.19. The number of rotatable bonds is 5. The lowest BCUT2D eigenvalue weighted by molar-refractivity contribution is -0.121. The normalized spacial score (nSPS) is 11.9. The molecule has 1 amide bonds. The zero-order valence-corrected chi connectivity index (χ0v) is 14.3. The van der Waals surface area contributed by atoms with Crippen molar-refractivity contribution < 1.29 is 9.18 Å². The van der Waals surface area contributed by atoms with Crippen LogP contribution < -0.4 is 5.32 Å². The second-order valence-electron chi connectivity index (χ2n) is 5.30. The van der Waals surface area contributed by atoms with Gasteiger partial charge in [-0.25, -0.2) is 4.39 Å². The summed E-state index contributed by atoms with van der Waals surface area (Å²) in [6.45, 7) is 0. The Kier molecular flexibility index (Phi) is 5.28. The largest absolute Gasteiger partial charge is 0.344 e. The highest BCUT2D eigenvalue weighted by Crippen LogP contribution is 2.26. The summed E-state index contributed by atoms with van der Waals surface area (Å²) < 4.78 is 13.9. The fraction of sp³-hybridized carbons (Fsp3) is 0.105. The Morgan fingerprint density at radius 2 is 1.88 bits per heavy atom. The first-order chi connectivity index (χ1) is 11.6. The summed E-state index contributed by atoms with van der Waals surface area (Å²) in [6.07, 6.45) is -0.0970. The zero-order chi connectivity index (χ0) is 16.9.